The molecule has 0 unspecified atom stereocenters. The van der Waals surface area contributed by atoms with Gasteiger partial charge in [-0.25, -0.2) is 5.01 Å². The SMILES string of the molecule is CN1N=C(C(=O)NCC2CCC(C(=O)O)CC2)CCC1=O. The number of aliphatic carboxylic acids is 1. The third kappa shape index (κ3) is 4.03. The average Bonchev–Trinajstić information content (AvgIpc) is 2.48. The largest absolute Gasteiger partial charge is 0.481 e. The van der Waals surface area contributed by atoms with Gasteiger partial charge in [-0.2, -0.15) is 5.10 Å². The van der Waals surface area contributed by atoms with Crippen LogP contribution in [0.1, 0.15) is 38.5 Å². The fourth-order valence-corrected chi connectivity index (χ4v) is 2.79. The van der Waals surface area contributed by atoms with Crippen molar-refractivity contribution in [1.82, 2.24) is 10.3 Å². The Balaban J connectivity index is 1.76. The molecule has 0 aromatic heterocycles. The minimum atomic E-state index is -0.721. The van der Waals surface area contributed by atoms with E-state index >= 15 is 0 Å². The van der Waals surface area contributed by atoms with Crippen LogP contribution < -0.4 is 5.32 Å². The molecular weight excluding hydrogens is 274 g/mol. The number of carbonyl (C=O) groups excluding carboxylic acids is 2. The van der Waals surface area contributed by atoms with Gasteiger partial charge >= 0.3 is 5.97 Å². The lowest BCUT2D eigenvalue weighted by Crippen LogP contribution is -2.40. The van der Waals surface area contributed by atoms with Gasteiger partial charge in [0.05, 0.1) is 5.92 Å². The normalized spacial score (nSPS) is 26.2. The van der Waals surface area contributed by atoms with Gasteiger partial charge in [-0.1, -0.05) is 0 Å². The number of nitrogens with one attached hydrogen (secondary N) is 1. The minimum absolute atomic E-state index is 0.0847. The predicted octanol–water partition coefficient (Wildman–Crippen LogP) is 0.602. The van der Waals surface area contributed by atoms with Gasteiger partial charge in [-0.05, 0) is 31.6 Å². The molecule has 1 aliphatic heterocycles. The predicted molar refractivity (Wildman–Crippen MR) is 75.5 cm³/mol. The Labute approximate surface area is 123 Å². The van der Waals surface area contributed by atoms with Crippen molar-refractivity contribution in [1.29, 1.82) is 0 Å². The molecule has 2 aliphatic rings. The maximum Gasteiger partial charge on any atom is 0.306 e. The number of hydrogen-bond donors (Lipinski definition) is 2. The van der Waals surface area contributed by atoms with Gasteiger partial charge in [-0.3, -0.25) is 14.4 Å². The lowest BCUT2D eigenvalue weighted by atomic mass is 9.82. The molecule has 0 spiro atoms. The van der Waals surface area contributed by atoms with Crippen molar-refractivity contribution in [2.75, 3.05) is 13.6 Å². The molecule has 0 aromatic rings. The van der Waals surface area contributed by atoms with E-state index in [0.29, 0.717) is 43.9 Å². The fraction of sp³-hybridized carbons (Fsp3) is 0.714. The Kier molecular flexibility index (Phi) is 4.93. The quantitative estimate of drug-likeness (QED) is 0.793. The molecule has 1 heterocycles. The Morgan fingerprint density at radius 3 is 2.52 bits per heavy atom. The van der Waals surface area contributed by atoms with Crippen molar-refractivity contribution in [3.05, 3.63) is 0 Å². The molecule has 0 saturated heterocycles. The summed E-state index contributed by atoms with van der Waals surface area (Å²) < 4.78 is 0. The van der Waals surface area contributed by atoms with Crippen molar-refractivity contribution in [3.63, 3.8) is 0 Å². The van der Waals surface area contributed by atoms with Crippen LogP contribution in [0.4, 0.5) is 0 Å². The van der Waals surface area contributed by atoms with Crippen molar-refractivity contribution < 1.29 is 19.5 Å². The number of nitrogens with zero attached hydrogens (tertiary/aromatic N) is 2. The Hall–Kier alpha value is -1.92. The number of carboxylic acids is 1. The highest BCUT2D eigenvalue weighted by Crippen LogP contribution is 2.28. The Morgan fingerprint density at radius 2 is 1.95 bits per heavy atom. The topological polar surface area (TPSA) is 99.1 Å². The second kappa shape index (κ2) is 6.69. The molecule has 1 fully saturated rings. The van der Waals surface area contributed by atoms with E-state index in [2.05, 4.69) is 10.4 Å². The molecule has 21 heavy (non-hydrogen) atoms. The molecule has 116 valence electrons. The zero-order valence-corrected chi connectivity index (χ0v) is 12.2. The van der Waals surface area contributed by atoms with Crippen molar-refractivity contribution >= 4 is 23.5 Å². The van der Waals surface area contributed by atoms with Gasteiger partial charge in [-0.15, -0.1) is 0 Å². The third-order valence-corrected chi connectivity index (χ3v) is 4.22. The summed E-state index contributed by atoms with van der Waals surface area (Å²) in [5, 5.41) is 17.0. The molecule has 0 radical (unpaired) electrons. The third-order valence-electron chi connectivity index (χ3n) is 4.22. The summed E-state index contributed by atoms with van der Waals surface area (Å²) >= 11 is 0. The van der Waals surface area contributed by atoms with E-state index in [0.717, 1.165) is 12.8 Å². The number of rotatable bonds is 4. The summed E-state index contributed by atoms with van der Waals surface area (Å²) in [6.07, 6.45) is 3.68. The molecule has 7 heteroatoms. The first-order chi connectivity index (χ1) is 9.97. The molecule has 0 bridgehead atoms. The monoisotopic (exact) mass is 295 g/mol. The van der Waals surface area contributed by atoms with Gasteiger partial charge in [0.2, 0.25) is 5.91 Å². The lowest BCUT2D eigenvalue weighted by Gasteiger charge is -2.26. The van der Waals surface area contributed by atoms with Gasteiger partial charge in [0.25, 0.3) is 5.91 Å². The van der Waals surface area contributed by atoms with Crippen LogP contribution in [-0.2, 0) is 14.4 Å². The first-order valence-electron chi connectivity index (χ1n) is 7.32. The Bertz CT molecular complexity index is 467. The minimum Gasteiger partial charge on any atom is -0.481 e. The van der Waals surface area contributed by atoms with E-state index in [1.807, 2.05) is 0 Å². The van der Waals surface area contributed by atoms with Gasteiger partial charge in [0.15, 0.2) is 0 Å². The van der Waals surface area contributed by atoms with Crippen LogP contribution in [0.15, 0.2) is 5.10 Å². The van der Waals surface area contributed by atoms with Gasteiger partial charge in [0, 0.05) is 26.4 Å². The number of amides is 2. The number of carboxylic acid groups (broad SMARTS) is 1. The number of hydrogen-bond acceptors (Lipinski definition) is 4. The molecule has 2 amide bonds. The highest BCUT2D eigenvalue weighted by molar-refractivity contribution is 6.39. The maximum atomic E-state index is 12.0. The van der Waals surface area contributed by atoms with Crippen LogP contribution in [0.5, 0.6) is 0 Å². The summed E-state index contributed by atoms with van der Waals surface area (Å²) in [4.78, 5) is 34.2. The molecule has 0 atom stereocenters. The molecular formula is C14H21N3O4. The summed E-state index contributed by atoms with van der Waals surface area (Å²) in [7, 11) is 1.54. The summed E-state index contributed by atoms with van der Waals surface area (Å²) in [6, 6.07) is 0. The van der Waals surface area contributed by atoms with E-state index in [-0.39, 0.29) is 17.7 Å². The van der Waals surface area contributed by atoms with Crippen molar-refractivity contribution in [3.8, 4) is 0 Å². The lowest BCUT2D eigenvalue weighted by molar-refractivity contribution is -0.143. The molecule has 7 nitrogen and oxygen atoms in total. The summed E-state index contributed by atoms with van der Waals surface area (Å²) in [5.41, 5.74) is 0.385. The molecule has 2 rings (SSSR count). The van der Waals surface area contributed by atoms with Crippen molar-refractivity contribution in [2.24, 2.45) is 16.9 Å². The van der Waals surface area contributed by atoms with E-state index in [9.17, 15) is 14.4 Å². The first kappa shape index (κ1) is 15.5. The van der Waals surface area contributed by atoms with Crippen LogP contribution in [0.25, 0.3) is 0 Å². The standard InChI is InChI=1S/C14H21N3O4/c1-17-12(18)7-6-11(16-17)13(19)15-8-9-2-4-10(5-3-9)14(20)21/h9-10H,2-8H2,1H3,(H,15,19)(H,20,21). The maximum absolute atomic E-state index is 12.0. The second-order valence-electron chi connectivity index (χ2n) is 5.73. The van der Waals surface area contributed by atoms with E-state index in [1.165, 1.54) is 5.01 Å². The van der Waals surface area contributed by atoms with E-state index in [4.69, 9.17) is 5.11 Å². The van der Waals surface area contributed by atoms with Gasteiger partial charge < -0.3 is 10.4 Å². The van der Waals surface area contributed by atoms with Crippen LogP contribution in [0.2, 0.25) is 0 Å². The average molecular weight is 295 g/mol. The molecule has 0 aromatic carbocycles. The molecule has 2 N–H and O–H groups in total. The zero-order chi connectivity index (χ0) is 15.4. The zero-order valence-electron chi connectivity index (χ0n) is 12.2. The van der Waals surface area contributed by atoms with E-state index < -0.39 is 5.97 Å². The number of carbonyl (C=O) groups is 3. The first-order valence-corrected chi connectivity index (χ1v) is 7.32. The highest BCUT2D eigenvalue weighted by Gasteiger charge is 2.27. The van der Waals surface area contributed by atoms with Crippen LogP contribution in [0.3, 0.4) is 0 Å². The summed E-state index contributed by atoms with van der Waals surface area (Å²) in [5.74, 6) is -0.942. The van der Waals surface area contributed by atoms with Gasteiger partial charge in [0.1, 0.15) is 5.71 Å². The molecule has 1 saturated carbocycles. The second-order valence-corrected chi connectivity index (χ2v) is 5.73. The highest BCUT2D eigenvalue weighted by atomic mass is 16.4. The smallest absolute Gasteiger partial charge is 0.306 e. The van der Waals surface area contributed by atoms with Crippen LogP contribution in [0, 0.1) is 11.8 Å². The van der Waals surface area contributed by atoms with Crippen molar-refractivity contribution in [2.45, 2.75) is 38.5 Å². The number of hydrazone groups is 1. The van der Waals surface area contributed by atoms with E-state index in [1.54, 1.807) is 7.05 Å². The fourth-order valence-electron chi connectivity index (χ4n) is 2.79. The van der Waals surface area contributed by atoms with Crippen LogP contribution >= 0.6 is 0 Å². The molecule has 1 aliphatic carbocycles. The summed E-state index contributed by atoms with van der Waals surface area (Å²) in [6.45, 7) is 0.544. The Morgan fingerprint density at radius 1 is 1.29 bits per heavy atom. The van der Waals surface area contributed by atoms with Crippen LogP contribution in [-0.4, -0.2) is 47.2 Å².